The Morgan fingerprint density at radius 1 is 1.41 bits per heavy atom. The van der Waals surface area contributed by atoms with Gasteiger partial charge in [-0.15, -0.1) is 0 Å². The number of hydrogen-bond donors (Lipinski definition) is 1. The molecular weight excluding hydrogens is 214 g/mol. The van der Waals surface area contributed by atoms with Crippen LogP contribution in [0.4, 0.5) is 5.82 Å². The second kappa shape index (κ2) is 5.17. The van der Waals surface area contributed by atoms with Crippen LogP contribution >= 0.6 is 0 Å². The van der Waals surface area contributed by atoms with Gasteiger partial charge in [0.2, 0.25) is 0 Å². The molecule has 92 valence electrons. The average Bonchev–Trinajstić information content (AvgIpc) is 2.82. The van der Waals surface area contributed by atoms with Crippen molar-refractivity contribution in [2.45, 2.75) is 31.7 Å². The van der Waals surface area contributed by atoms with Gasteiger partial charge in [0.25, 0.3) is 5.91 Å². The minimum atomic E-state index is 0.0161. The number of rotatable bonds is 3. The monoisotopic (exact) mass is 233 g/mol. The number of anilines is 1. The van der Waals surface area contributed by atoms with Crippen LogP contribution in [0.15, 0.2) is 18.3 Å². The van der Waals surface area contributed by atoms with E-state index in [-0.39, 0.29) is 5.91 Å². The summed E-state index contributed by atoms with van der Waals surface area (Å²) in [4.78, 5) is 18.1. The molecule has 0 bridgehead atoms. The summed E-state index contributed by atoms with van der Waals surface area (Å²) in [6, 6.07) is 3.94. The number of carbonyl (C=O) groups excluding carboxylic acids is 1. The highest BCUT2D eigenvalue weighted by Gasteiger charge is 2.18. The Hall–Kier alpha value is -1.58. The van der Waals surface area contributed by atoms with Crippen molar-refractivity contribution >= 4 is 11.7 Å². The minimum Gasteiger partial charge on any atom is -0.363 e. The van der Waals surface area contributed by atoms with E-state index < -0.39 is 0 Å². The SMILES string of the molecule is CN(C)c1cc(C(=O)NC2CCCC2)ccn1. The van der Waals surface area contributed by atoms with Crippen molar-refractivity contribution in [3.05, 3.63) is 23.9 Å². The molecule has 0 unspecified atom stereocenters. The van der Waals surface area contributed by atoms with Crippen molar-refractivity contribution in [1.29, 1.82) is 0 Å². The van der Waals surface area contributed by atoms with Gasteiger partial charge in [0.15, 0.2) is 0 Å². The van der Waals surface area contributed by atoms with Crippen molar-refractivity contribution in [2.75, 3.05) is 19.0 Å². The topological polar surface area (TPSA) is 45.2 Å². The molecule has 0 aromatic carbocycles. The second-order valence-corrected chi connectivity index (χ2v) is 4.75. The fraction of sp³-hybridized carbons (Fsp3) is 0.538. The molecule has 1 amide bonds. The molecule has 0 radical (unpaired) electrons. The Labute approximate surface area is 102 Å². The summed E-state index contributed by atoms with van der Waals surface area (Å²) in [6.07, 6.45) is 6.35. The third-order valence-electron chi connectivity index (χ3n) is 3.16. The predicted molar refractivity (Wildman–Crippen MR) is 68.3 cm³/mol. The summed E-state index contributed by atoms with van der Waals surface area (Å²) >= 11 is 0. The highest BCUT2D eigenvalue weighted by atomic mass is 16.1. The number of aromatic nitrogens is 1. The first-order chi connectivity index (χ1) is 8.16. The molecule has 1 aromatic heterocycles. The molecule has 1 saturated carbocycles. The van der Waals surface area contributed by atoms with Gasteiger partial charge < -0.3 is 10.2 Å². The molecule has 0 aliphatic heterocycles. The largest absolute Gasteiger partial charge is 0.363 e. The summed E-state index contributed by atoms with van der Waals surface area (Å²) in [7, 11) is 3.84. The van der Waals surface area contributed by atoms with Crippen LogP contribution < -0.4 is 10.2 Å². The normalized spacial score (nSPS) is 15.9. The van der Waals surface area contributed by atoms with Crippen LogP contribution in [0.5, 0.6) is 0 Å². The summed E-state index contributed by atoms with van der Waals surface area (Å²) < 4.78 is 0. The zero-order valence-corrected chi connectivity index (χ0v) is 10.4. The highest BCUT2D eigenvalue weighted by molar-refractivity contribution is 5.95. The molecule has 1 N–H and O–H groups in total. The Bertz CT molecular complexity index is 397. The van der Waals surface area contributed by atoms with Crippen LogP contribution in [-0.2, 0) is 0 Å². The van der Waals surface area contributed by atoms with Crippen molar-refractivity contribution in [3.63, 3.8) is 0 Å². The maximum atomic E-state index is 12.0. The van der Waals surface area contributed by atoms with Crippen molar-refractivity contribution in [1.82, 2.24) is 10.3 Å². The van der Waals surface area contributed by atoms with E-state index in [1.807, 2.05) is 25.1 Å². The van der Waals surface area contributed by atoms with E-state index >= 15 is 0 Å². The second-order valence-electron chi connectivity index (χ2n) is 4.75. The van der Waals surface area contributed by atoms with E-state index in [4.69, 9.17) is 0 Å². The molecule has 1 heterocycles. The molecule has 4 nitrogen and oxygen atoms in total. The Morgan fingerprint density at radius 3 is 2.76 bits per heavy atom. The molecule has 17 heavy (non-hydrogen) atoms. The van der Waals surface area contributed by atoms with E-state index in [1.54, 1.807) is 12.3 Å². The van der Waals surface area contributed by atoms with Gasteiger partial charge in [-0.1, -0.05) is 12.8 Å². The van der Waals surface area contributed by atoms with Gasteiger partial charge in [0, 0.05) is 31.9 Å². The zero-order chi connectivity index (χ0) is 12.3. The highest BCUT2D eigenvalue weighted by Crippen LogP contribution is 2.18. The molecule has 0 saturated heterocycles. The smallest absolute Gasteiger partial charge is 0.251 e. The van der Waals surface area contributed by atoms with Gasteiger partial charge in [-0.3, -0.25) is 4.79 Å². The molecular formula is C13H19N3O. The van der Waals surface area contributed by atoms with Crippen LogP contribution in [0.25, 0.3) is 0 Å². The first kappa shape index (κ1) is 11.9. The van der Waals surface area contributed by atoms with Gasteiger partial charge in [0.1, 0.15) is 5.82 Å². The van der Waals surface area contributed by atoms with Gasteiger partial charge in [-0.05, 0) is 25.0 Å². The third kappa shape index (κ3) is 2.96. The van der Waals surface area contributed by atoms with Gasteiger partial charge in [-0.2, -0.15) is 0 Å². The first-order valence-electron chi connectivity index (χ1n) is 6.11. The number of carbonyl (C=O) groups is 1. The van der Waals surface area contributed by atoms with Crippen molar-refractivity contribution < 1.29 is 4.79 Å². The molecule has 1 aliphatic carbocycles. The molecule has 2 rings (SSSR count). The summed E-state index contributed by atoms with van der Waals surface area (Å²) in [5.41, 5.74) is 0.690. The third-order valence-corrected chi connectivity index (χ3v) is 3.16. The van der Waals surface area contributed by atoms with E-state index in [2.05, 4.69) is 10.3 Å². The molecule has 1 fully saturated rings. The Balaban J connectivity index is 2.05. The van der Waals surface area contributed by atoms with E-state index in [0.717, 1.165) is 18.7 Å². The summed E-state index contributed by atoms with van der Waals surface area (Å²) in [6.45, 7) is 0. The van der Waals surface area contributed by atoms with Crippen LogP contribution in [-0.4, -0.2) is 31.0 Å². The van der Waals surface area contributed by atoms with E-state index in [9.17, 15) is 4.79 Å². The molecule has 1 aromatic rings. The van der Waals surface area contributed by atoms with Gasteiger partial charge in [0.05, 0.1) is 0 Å². The van der Waals surface area contributed by atoms with Crippen LogP contribution in [0.2, 0.25) is 0 Å². The fourth-order valence-electron chi connectivity index (χ4n) is 2.14. The van der Waals surface area contributed by atoms with Gasteiger partial charge >= 0.3 is 0 Å². The van der Waals surface area contributed by atoms with Crippen molar-refractivity contribution in [2.24, 2.45) is 0 Å². The summed E-state index contributed by atoms with van der Waals surface area (Å²) in [5.74, 6) is 0.825. The fourth-order valence-corrected chi connectivity index (χ4v) is 2.14. The van der Waals surface area contributed by atoms with Crippen molar-refractivity contribution in [3.8, 4) is 0 Å². The minimum absolute atomic E-state index is 0.0161. The lowest BCUT2D eigenvalue weighted by Gasteiger charge is -2.14. The maximum Gasteiger partial charge on any atom is 0.251 e. The van der Waals surface area contributed by atoms with Crippen LogP contribution in [0.1, 0.15) is 36.0 Å². The zero-order valence-electron chi connectivity index (χ0n) is 10.4. The number of hydrogen-bond acceptors (Lipinski definition) is 3. The quantitative estimate of drug-likeness (QED) is 0.866. The lowest BCUT2D eigenvalue weighted by Crippen LogP contribution is -2.32. The first-order valence-corrected chi connectivity index (χ1v) is 6.11. The number of nitrogens with one attached hydrogen (secondary N) is 1. The molecule has 1 aliphatic rings. The Morgan fingerprint density at radius 2 is 2.12 bits per heavy atom. The average molecular weight is 233 g/mol. The lowest BCUT2D eigenvalue weighted by molar-refractivity contribution is 0.0938. The predicted octanol–water partition coefficient (Wildman–Crippen LogP) is 1.82. The van der Waals surface area contributed by atoms with Crippen LogP contribution in [0, 0.1) is 0 Å². The standard InChI is InChI=1S/C13H19N3O/c1-16(2)12-9-10(7-8-14-12)13(17)15-11-5-3-4-6-11/h7-9,11H,3-6H2,1-2H3,(H,15,17). The number of pyridine rings is 1. The van der Waals surface area contributed by atoms with E-state index in [0.29, 0.717) is 11.6 Å². The number of nitrogens with zero attached hydrogens (tertiary/aromatic N) is 2. The lowest BCUT2D eigenvalue weighted by atomic mass is 10.2. The van der Waals surface area contributed by atoms with Crippen LogP contribution in [0.3, 0.4) is 0 Å². The molecule has 0 spiro atoms. The van der Waals surface area contributed by atoms with Gasteiger partial charge in [-0.25, -0.2) is 4.98 Å². The Kier molecular flexibility index (Phi) is 3.61. The van der Waals surface area contributed by atoms with E-state index in [1.165, 1.54) is 12.8 Å². The molecule has 0 atom stereocenters. The molecule has 4 heteroatoms. The maximum absolute atomic E-state index is 12.0. The summed E-state index contributed by atoms with van der Waals surface area (Å²) in [5, 5.41) is 3.08. The number of amides is 1.